The number of carbonyl (C=O) groups is 2. The summed E-state index contributed by atoms with van der Waals surface area (Å²) in [6.07, 6.45) is 0.551. The van der Waals surface area contributed by atoms with Crippen LogP contribution in [0.25, 0.3) is 0 Å². The van der Waals surface area contributed by atoms with E-state index in [1.165, 1.54) is 23.1 Å². The Morgan fingerprint density at radius 2 is 1.81 bits per heavy atom. The first-order chi connectivity index (χ1) is 9.91. The fourth-order valence-electron chi connectivity index (χ4n) is 1.93. The van der Waals surface area contributed by atoms with Crippen molar-refractivity contribution < 1.29 is 19.1 Å². The predicted octanol–water partition coefficient (Wildman–Crippen LogP) is 1.69. The van der Waals surface area contributed by atoms with E-state index in [0.29, 0.717) is 13.0 Å². The van der Waals surface area contributed by atoms with Crippen LogP contribution in [-0.4, -0.2) is 60.5 Å². The van der Waals surface area contributed by atoms with Gasteiger partial charge >= 0.3 is 5.97 Å². The van der Waals surface area contributed by atoms with E-state index in [-0.39, 0.29) is 18.5 Å². The number of carbonyl (C=O) groups excluding carboxylic acids is 1. The number of hydrogen-bond donors (Lipinski definition) is 1. The molecular weight excluding hydrogens is 275 g/mol. The van der Waals surface area contributed by atoms with Gasteiger partial charge in [0, 0.05) is 13.1 Å². The van der Waals surface area contributed by atoms with Gasteiger partial charge in [-0.3, -0.25) is 9.59 Å². The maximum atomic E-state index is 13.7. The van der Waals surface area contributed by atoms with Gasteiger partial charge < -0.3 is 14.9 Å². The fourth-order valence-corrected chi connectivity index (χ4v) is 1.93. The monoisotopic (exact) mass is 296 g/mol. The van der Waals surface area contributed by atoms with Gasteiger partial charge in [0.15, 0.2) is 0 Å². The molecule has 0 saturated carbocycles. The summed E-state index contributed by atoms with van der Waals surface area (Å²) in [5.41, 5.74) is -0.0206. The Morgan fingerprint density at radius 1 is 1.14 bits per heavy atom. The van der Waals surface area contributed by atoms with E-state index in [4.69, 9.17) is 5.11 Å². The summed E-state index contributed by atoms with van der Waals surface area (Å²) in [7, 11) is 3.83. The summed E-state index contributed by atoms with van der Waals surface area (Å²) in [5.74, 6) is -2.03. The normalized spacial score (nSPS) is 10.7. The highest BCUT2D eigenvalue weighted by atomic mass is 19.1. The molecule has 0 saturated heterocycles. The molecule has 0 heterocycles. The number of amides is 1. The average molecular weight is 296 g/mol. The lowest BCUT2D eigenvalue weighted by atomic mass is 10.1. The SMILES string of the molecule is CN(C)CCCN(CCC(=O)O)C(=O)c1ccccc1F. The number of rotatable bonds is 8. The maximum absolute atomic E-state index is 13.7. The van der Waals surface area contributed by atoms with Crippen LogP contribution < -0.4 is 0 Å². The molecule has 0 aromatic heterocycles. The smallest absolute Gasteiger partial charge is 0.305 e. The van der Waals surface area contributed by atoms with Gasteiger partial charge in [-0.05, 0) is 39.2 Å². The summed E-state index contributed by atoms with van der Waals surface area (Å²) < 4.78 is 13.7. The average Bonchev–Trinajstić information content (AvgIpc) is 2.41. The van der Waals surface area contributed by atoms with E-state index >= 15 is 0 Å². The van der Waals surface area contributed by atoms with Gasteiger partial charge in [0.05, 0.1) is 12.0 Å². The molecule has 0 unspecified atom stereocenters. The van der Waals surface area contributed by atoms with E-state index in [0.717, 1.165) is 6.54 Å². The number of hydrogen-bond acceptors (Lipinski definition) is 3. The van der Waals surface area contributed by atoms with E-state index in [9.17, 15) is 14.0 Å². The largest absolute Gasteiger partial charge is 0.481 e. The molecule has 1 aromatic rings. The Labute approximate surface area is 124 Å². The van der Waals surface area contributed by atoms with Gasteiger partial charge in [0.25, 0.3) is 5.91 Å². The maximum Gasteiger partial charge on any atom is 0.305 e. The first-order valence-corrected chi connectivity index (χ1v) is 6.82. The minimum absolute atomic E-state index is 0.0206. The topological polar surface area (TPSA) is 60.9 Å². The molecule has 0 radical (unpaired) electrons. The van der Waals surface area contributed by atoms with E-state index in [1.807, 2.05) is 19.0 Å². The molecule has 1 amide bonds. The van der Waals surface area contributed by atoms with Crippen LogP contribution in [0.3, 0.4) is 0 Å². The lowest BCUT2D eigenvalue weighted by molar-refractivity contribution is -0.137. The van der Waals surface area contributed by atoms with Gasteiger partial charge in [0.1, 0.15) is 5.82 Å². The molecule has 0 atom stereocenters. The van der Waals surface area contributed by atoms with Gasteiger partial charge in [-0.25, -0.2) is 4.39 Å². The van der Waals surface area contributed by atoms with E-state index in [1.54, 1.807) is 6.07 Å². The molecule has 0 aliphatic carbocycles. The highest BCUT2D eigenvalue weighted by Crippen LogP contribution is 2.11. The summed E-state index contributed by atoms with van der Waals surface area (Å²) in [6, 6.07) is 5.74. The van der Waals surface area contributed by atoms with Crippen molar-refractivity contribution in [3.63, 3.8) is 0 Å². The highest BCUT2D eigenvalue weighted by Gasteiger charge is 2.19. The highest BCUT2D eigenvalue weighted by molar-refractivity contribution is 5.94. The second-order valence-electron chi connectivity index (χ2n) is 5.07. The van der Waals surface area contributed by atoms with Crippen LogP contribution in [0.15, 0.2) is 24.3 Å². The second kappa shape index (κ2) is 8.36. The quantitative estimate of drug-likeness (QED) is 0.793. The van der Waals surface area contributed by atoms with Crippen LogP contribution in [0.5, 0.6) is 0 Å². The fraction of sp³-hybridized carbons (Fsp3) is 0.467. The molecule has 0 fully saturated rings. The third-order valence-electron chi connectivity index (χ3n) is 3.02. The Morgan fingerprint density at radius 3 is 2.38 bits per heavy atom. The third-order valence-corrected chi connectivity index (χ3v) is 3.02. The standard InChI is InChI=1S/C15H21FN2O3/c1-17(2)9-5-10-18(11-8-14(19)20)15(21)12-6-3-4-7-13(12)16/h3-4,6-7H,5,8-11H2,1-2H3,(H,19,20). The van der Waals surface area contributed by atoms with Crippen molar-refractivity contribution in [3.05, 3.63) is 35.6 Å². The third kappa shape index (κ3) is 5.91. The van der Waals surface area contributed by atoms with Crippen LogP contribution in [0, 0.1) is 5.82 Å². The van der Waals surface area contributed by atoms with Crippen LogP contribution in [-0.2, 0) is 4.79 Å². The molecule has 1 aromatic carbocycles. The Hall–Kier alpha value is -1.95. The van der Waals surface area contributed by atoms with Gasteiger partial charge in [-0.15, -0.1) is 0 Å². The number of nitrogens with zero attached hydrogens (tertiary/aromatic N) is 2. The van der Waals surface area contributed by atoms with Crippen molar-refractivity contribution in [2.75, 3.05) is 33.7 Å². The van der Waals surface area contributed by atoms with Gasteiger partial charge in [-0.2, -0.15) is 0 Å². The number of benzene rings is 1. The molecule has 6 heteroatoms. The van der Waals surface area contributed by atoms with Gasteiger partial charge in [-0.1, -0.05) is 12.1 Å². The van der Waals surface area contributed by atoms with Crippen molar-refractivity contribution in [2.45, 2.75) is 12.8 Å². The van der Waals surface area contributed by atoms with Crippen LogP contribution in [0.2, 0.25) is 0 Å². The van der Waals surface area contributed by atoms with Crippen LogP contribution >= 0.6 is 0 Å². The first-order valence-electron chi connectivity index (χ1n) is 6.82. The van der Waals surface area contributed by atoms with Crippen molar-refractivity contribution in [2.24, 2.45) is 0 Å². The number of aliphatic carboxylic acids is 1. The van der Waals surface area contributed by atoms with E-state index in [2.05, 4.69) is 0 Å². The van der Waals surface area contributed by atoms with E-state index < -0.39 is 17.7 Å². The molecule has 21 heavy (non-hydrogen) atoms. The molecule has 0 aliphatic heterocycles. The molecule has 1 rings (SSSR count). The molecule has 116 valence electrons. The predicted molar refractivity (Wildman–Crippen MR) is 77.7 cm³/mol. The molecule has 0 bridgehead atoms. The number of halogens is 1. The minimum atomic E-state index is -0.978. The van der Waals surface area contributed by atoms with Crippen molar-refractivity contribution in [1.29, 1.82) is 0 Å². The first kappa shape index (κ1) is 17.1. The minimum Gasteiger partial charge on any atom is -0.481 e. The van der Waals surface area contributed by atoms with Crippen LogP contribution in [0.1, 0.15) is 23.2 Å². The van der Waals surface area contributed by atoms with Crippen LogP contribution in [0.4, 0.5) is 4.39 Å². The second-order valence-corrected chi connectivity index (χ2v) is 5.07. The molecule has 0 spiro atoms. The zero-order chi connectivity index (χ0) is 15.8. The Bertz CT molecular complexity index is 492. The molecular formula is C15H21FN2O3. The number of carboxylic acid groups (broad SMARTS) is 1. The molecule has 5 nitrogen and oxygen atoms in total. The van der Waals surface area contributed by atoms with Crippen molar-refractivity contribution in [3.8, 4) is 0 Å². The molecule has 1 N–H and O–H groups in total. The Balaban J connectivity index is 2.76. The molecule has 0 aliphatic rings. The lowest BCUT2D eigenvalue weighted by Crippen LogP contribution is -2.35. The van der Waals surface area contributed by atoms with Crippen molar-refractivity contribution >= 4 is 11.9 Å². The van der Waals surface area contributed by atoms with Crippen molar-refractivity contribution in [1.82, 2.24) is 9.80 Å². The zero-order valence-corrected chi connectivity index (χ0v) is 12.4. The Kier molecular flexibility index (Phi) is 6.81. The zero-order valence-electron chi connectivity index (χ0n) is 12.4. The lowest BCUT2D eigenvalue weighted by Gasteiger charge is -2.23. The summed E-state index contributed by atoms with van der Waals surface area (Å²) >= 11 is 0. The summed E-state index contributed by atoms with van der Waals surface area (Å²) in [6.45, 7) is 1.25. The summed E-state index contributed by atoms with van der Waals surface area (Å²) in [4.78, 5) is 26.4. The summed E-state index contributed by atoms with van der Waals surface area (Å²) in [5, 5.41) is 8.76. The van der Waals surface area contributed by atoms with Gasteiger partial charge in [0.2, 0.25) is 0 Å². The number of carboxylic acids is 1.